The van der Waals surface area contributed by atoms with Crippen molar-refractivity contribution in [1.29, 1.82) is 0 Å². The third kappa shape index (κ3) is 1.97. The lowest BCUT2D eigenvalue weighted by atomic mass is 9.81. The van der Waals surface area contributed by atoms with Gasteiger partial charge in [0.2, 0.25) is 0 Å². The topological polar surface area (TPSA) is 75.4 Å². The highest BCUT2D eigenvalue weighted by atomic mass is 16.4. The second-order valence-electron chi connectivity index (χ2n) is 6.80. The summed E-state index contributed by atoms with van der Waals surface area (Å²) in [4.78, 5) is 30.5. The van der Waals surface area contributed by atoms with Gasteiger partial charge in [0.05, 0.1) is 22.8 Å². The van der Waals surface area contributed by atoms with E-state index >= 15 is 0 Å². The molecular weight excluding hydrogens is 294 g/mol. The lowest BCUT2D eigenvalue weighted by Crippen LogP contribution is -2.37. The number of fused-ring (bicyclic) bond motifs is 2. The number of carboxylic acid groups (broad SMARTS) is 1. The zero-order valence-corrected chi connectivity index (χ0v) is 13.0. The second-order valence-corrected chi connectivity index (χ2v) is 6.80. The van der Waals surface area contributed by atoms with Gasteiger partial charge in [0.15, 0.2) is 0 Å². The lowest BCUT2D eigenvalue weighted by Gasteiger charge is -2.23. The standard InChI is InChI=1S/C17H19N3O3/c1-19-10-18-13-7-11(4-5-14(13)19)15(21)20-8-12-3-2-6-17(12,9-20)16(22)23/h4-5,7,10,12H,2-3,6,8-9H2,1H3,(H,22,23)/t12-,17+/m0/s1. The van der Waals surface area contributed by atoms with E-state index in [4.69, 9.17) is 0 Å². The van der Waals surface area contributed by atoms with Gasteiger partial charge < -0.3 is 14.6 Å². The number of imidazole rings is 1. The van der Waals surface area contributed by atoms with Crippen LogP contribution in [0.4, 0.5) is 0 Å². The van der Waals surface area contributed by atoms with Gasteiger partial charge in [0.25, 0.3) is 5.91 Å². The van der Waals surface area contributed by atoms with Crippen molar-refractivity contribution in [3.8, 4) is 0 Å². The second kappa shape index (κ2) is 4.81. The number of aliphatic carboxylic acids is 1. The van der Waals surface area contributed by atoms with Gasteiger partial charge in [-0.1, -0.05) is 6.42 Å². The highest BCUT2D eigenvalue weighted by Gasteiger charge is 2.55. The predicted octanol–water partition coefficient (Wildman–Crippen LogP) is 1.90. The SMILES string of the molecule is Cn1cnc2cc(C(=O)N3C[C@@H]4CCC[C@@]4(C(=O)O)C3)ccc21. The Bertz CT molecular complexity index is 813. The van der Waals surface area contributed by atoms with Crippen molar-refractivity contribution < 1.29 is 14.7 Å². The van der Waals surface area contributed by atoms with Crippen molar-refractivity contribution in [2.45, 2.75) is 19.3 Å². The molecule has 1 amide bonds. The molecule has 0 bridgehead atoms. The number of hydrogen-bond acceptors (Lipinski definition) is 3. The van der Waals surface area contributed by atoms with E-state index in [1.54, 1.807) is 23.4 Å². The number of aromatic nitrogens is 2. The van der Waals surface area contributed by atoms with Crippen LogP contribution >= 0.6 is 0 Å². The van der Waals surface area contributed by atoms with Crippen molar-refractivity contribution in [3.63, 3.8) is 0 Å². The summed E-state index contributed by atoms with van der Waals surface area (Å²) < 4.78 is 1.91. The number of hydrogen-bond donors (Lipinski definition) is 1. The third-order valence-electron chi connectivity index (χ3n) is 5.56. The molecule has 0 radical (unpaired) electrons. The van der Waals surface area contributed by atoms with E-state index in [2.05, 4.69) is 4.98 Å². The number of nitrogens with zero attached hydrogens (tertiary/aromatic N) is 3. The van der Waals surface area contributed by atoms with Crippen LogP contribution in [-0.4, -0.2) is 44.5 Å². The maximum atomic E-state index is 12.8. The molecule has 6 nitrogen and oxygen atoms in total. The van der Waals surface area contributed by atoms with Crippen LogP contribution in [0.5, 0.6) is 0 Å². The summed E-state index contributed by atoms with van der Waals surface area (Å²) in [7, 11) is 1.91. The van der Waals surface area contributed by atoms with Crippen LogP contribution in [0.2, 0.25) is 0 Å². The number of rotatable bonds is 2. The average Bonchev–Trinajstić information content (AvgIpc) is 3.19. The molecule has 6 heteroatoms. The van der Waals surface area contributed by atoms with Gasteiger partial charge in [0.1, 0.15) is 0 Å². The van der Waals surface area contributed by atoms with Gasteiger partial charge in [-0.3, -0.25) is 9.59 Å². The molecule has 1 aromatic heterocycles. The van der Waals surface area contributed by atoms with Crippen LogP contribution in [0.3, 0.4) is 0 Å². The van der Waals surface area contributed by atoms with Crippen LogP contribution < -0.4 is 0 Å². The van der Waals surface area contributed by atoms with E-state index in [0.29, 0.717) is 25.1 Å². The molecule has 2 fully saturated rings. The average molecular weight is 313 g/mol. The summed E-state index contributed by atoms with van der Waals surface area (Å²) in [6, 6.07) is 5.48. The first-order valence-electron chi connectivity index (χ1n) is 7.95. The molecule has 1 N–H and O–H groups in total. The Morgan fingerprint density at radius 3 is 2.96 bits per heavy atom. The molecule has 1 aromatic carbocycles. The fourth-order valence-corrected chi connectivity index (χ4v) is 4.25. The molecule has 1 saturated heterocycles. The fraction of sp³-hybridized carbons (Fsp3) is 0.471. The summed E-state index contributed by atoms with van der Waals surface area (Å²) in [5.74, 6) is -0.759. The van der Waals surface area contributed by atoms with Crippen LogP contribution in [0, 0.1) is 11.3 Å². The van der Waals surface area contributed by atoms with Gasteiger partial charge >= 0.3 is 5.97 Å². The van der Waals surface area contributed by atoms with E-state index in [1.807, 2.05) is 17.7 Å². The fourth-order valence-electron chi connectivity index (χ4n) is 4.25. The van der Waals surface area contributed by atoms with E-state index in [9.17, 15) is 14.7 Å². The van der Waals surface area contributed by atoms with Crippen molar-refractivity contribution in [3.05, 3.63) is 30.1 Å². The molecule has 2 aliphatic rings. The first-order chi connectivity index (χ1) is 11.0. The number of amides is 1. The monoisotopic (exact) mass is 313 g/mol. The molecule has 1 saturated carbocycles. The molecule has 4 rings (SSSR count). The Kier molecular flexibility index (Phi) is 2.98. The summed E-state index contributed by atoms with van der Waals surface area (Å²) in [6.07, 6.45) is 4.24. The Labute approximate surface area is 133 Å². The highest BCUT2D eigenvalue weighted by molar-refractivity contribution is 5.98. The van der Waals surface area contributed by atoms with E-state index < -0.39 is 11.4 Å². The van der Waals surface area contributed by atoms with Gasteiger partial charge in [-0.2, -0.15) is 0 Å². The van der Waals surface area contributed by atoms with Gasteiger partial charge in [-0.15, -0.1) is 0 Å². The molecule has 1 aliphatic heterocycles. The Morgan fingerprint density at radius 1 is 1.39 bits per heavy atom. The van der Waals surface area contributed by atoms with E-state index in [-0.39, 0.29) is 11.8 Å². The van der Waals surface area contributed by atoms with Crippen molar-refractivity contribution in [2.75, 3.05) is 13.1 Å². The number of carbonyl (C=O) groups is 2. The number of aryl methyl sites for hydroxylation is 1. The Hall–Kier alpha value is -2.37. The lowest BCUT2D eigenvalue weighted by molar-refractivity contribution is -0.149. The van der Waals surface area contributed by atoms with Crippen molar-refractivity contribution >= 4 is 22.9 Å². The Morgan fingerprint density at radius 2 is 2.22 bits per heavy atom. The zero-order chi connectivity index (χ0) is 16.2. The summed E-state index contributed by atoms with van der Waals surface area (Å²) in [6.45, 7) is 0.872. The molecule has 0 spiro atoms. The largest absolute Gasteiger partial charge is 0.481 e. The van der Waals surface area contributed by atoms with Crippen LogP contribution in [0.25, 0.3) is 11.0 Å². The Balaban J connectivity index is 1.63. The predicted molar refractivity (Wildman–Crippen MR) is 84.0 cm³/mol. The third-order valence-corrected chi connectivity index (χ3v) is 5.56. The van der Waals surface area contributed by atoms with Gasteiger partial charge in [0, 0.05) is 25.7 Å². The van der Waals surface area contributed by atoms with Gasteiger partial charge in [-0.25, -0.2) is 4.98 Å². The van der Waals surface area contributed by atoms with E-state index in [1.165, 1.54) is 0 Å². The van der Waals surface area contributed by atoms with Crippen molar-refractivity contribution in [2.24, 2.45) is 18.4 Å². The minimum Gasteiger partial charge on any atom is -0.481 e. The zero-order valence-electron chi connectivity index (χ0n) is 13.0. The molecule has 2 atom stereocenters. The number of carboxylic acids is 1. The maximum absolute atomic E-state index is 12.8. The molecule has 1 aliphatic carbocycles. The highest BCUT2D eigenvalue weighted by Crippen LogP contribution is 2.49. The summed E-state index contributed by atoms with van der Waals surface area (Å²) >= 11 is 0. The summed E-state index contributed by atoms with van der Waals surface area (Å²) in [5.41, 5.74) is 1.61. The maximum Gasteiger partial charge on any atom is 0.311 e. The van der Waals surface area contributed by atoms with E-state index in [0.717, 1.165) is 23.9 Å². The number of likely N-dealkylation sites (tertiary alicyclic amines) is 1. The normalized spacial score (nSPS) is 26.7. The minimum atomic E-state index is -0.754. The smallest absolute Gasteiger partial charge is 0.311 e. The van der Waals surface area contributed by atoms with Crippen LogP contribution in [0.1, 0.15) is 29.6 Å². The molecule has 2 heterocycles. The number of benzene rings is 1. The first kappa shape index (κ1) is 14.2. The number of carbonyl (C=O) groups excluding carboxylic acids is 1. The summed E-state index contributed by atoms with van der Waals surface area (Å²) in [5, 5.41) is 9.64. The van der Waals surface area contributed by atoms with Crippen molar-refractivity contribution in [1.82, 2.24) is 14.5 Å². The van der Waals surface area contributed by atoms with Gasteiger partial charge in [-0.05, 0) is 37.0 Å². The molecular formula is C17H19N3O3. The minimum absolute atomic E-state index is 0.0857. The molecule has 120 valence electrons. The molecule has 2 aromatic rings. The first-order valence-corrected chi connectivity index (χ1v) is 7.95. The molecule has 0 unspecified atom stereocenters. The quantitative estimate of drug-likeness (QED) is 0.919. The van der Waals surface area contributed by atoms with Crippen LogP contribution in [-0.2, 0) is 11.8 Å². The van der Waals surface area contributed by atoms with Crippen LogP contribution in [0.15, 0.2) is 24.5 Å². The molecule has 23 heavy (non-hydrogen) atoms.